The van der Waals surface area contributed by atoms with Gasteiger partial charge in [0.25, 0.3) is 0 Å². The molecule has 84 valence electrons. The summed E-state index contributed by atoms with van der Waals surface area (Å²) in [5, 5.41) is 3.44. The van der Waals surface area contributed by atoms with Crippen LogP contribution in [0.4, 0.5) is 0 Å². The lowest BCUT2D eigenvalue weighted by Crippen LogP contribution is -2.18. The molecule has 0 unspecified atom stereocenters. The third-order valence-electron chi connectivity index (χ3n) is 2.50. The van der Waals surface area contributed by atoms with Gasteiger partial charge in [-0.3, -0.25) is 0 Å². The van der Waals surface area contributed by atoms with Crippen LogP contribution in [0.1, 0.15) is 24.2 Å². The highest BCUT2D eigenvalue weighted by molar-refractivity contribution is 9.10. The highest BCUT2D eigenvalue weighted by Gasteiger charge is 2.05. The largest absolute Gasteiger partial charge is 0.347 e. The van der Waals surface area contributed by atoms with Crippen LogP contribution in [0, 0.1) is 0 Å². The van der Waals surface area contributed by atoms with Gasteiger partial charge in [0.15, 0.2) is 0 Å². The third-order valence-corrected chi connectivity index (χ3v) is 3.00. The Morgan fingerprint density at radius 2 is 2.38 bits per heavy atom. The molecular weight excluding hydrogens is 266 g/mol. The fourth-order valence-corrected chi connectivity index (χ4v) is 1.96. The fourth-order valence-electron chi connectivity index (χ4n) is 1.54. The first-order valence-electron chi connectivity index (χ1n) is 5.22. The van der Waals surface area contributed by atoms with E-state index in [1.165, 1.54) is 5.56 Å². The van der Waals surface area contributed by atoms with E-state index in [0.29, 0.717) is 6.04 Å². The lowest BCUT2D eigenvalue weighted by atomic mass is 10.1. The van der Waals surface area contributed by atoms with E-state index in [9.17, 15) is 0 Å². The number of aromatic nitrogens is 2. The lowest BCUT2D eigenvalue weighted by Gasteiger charge is -2.13. The van der Waals surface area contributed by atoms with Gasteiger partial charge in [-0.05, 0) is 24.6 Å². The molecule has 2 rings (SSSR count). The quantitative estimate of drug-likeness (QED) is 0.903. The number of benzene rings is 1. The molecule has 1 aromatic heterocycles. The number of hydrogen-bond donors (Lipinski definition) is 2. The first-order valence-corrected chi connectivity index (χ1v) is 6.01. The van der Waals surface area contributed by atoms with E-state index in [-0.39, 0.29) is 0 Å². The standard InChI is InChI=1S/C12H14BrN3/c1-9(10-3-2-4-11(13)5-10)15-7-12-6-14-8-16-12/h2-6,8-9,15H,7H2,1H3,(H,14,16)/t9-/m0/s1. The van der Waals surface area contributed by atoms with Gasteiger partial charge in [0, 0.05) is 29.0 Å². The zero-order valence-corrected chi connectivity index (χ0v) is 10.7. The first-order chi connectivity index (χ1) is 7.75. The molecule has 3 nitrogen and oxygen atoms in total. The zero-order chi connectivity index (χ0) is 11.4. The number of aromatic amines is 1. The minimum Gasteiger partial charge on any atom is -0.347 e. The molecule has 0 fully saturated rings. The molecule has 0 saturated carbocycles. The molecule has 16 heavy (non-hydrogen) atoms. The van der Waals surface area contributed by atoms with Crippen molar-refractivity contribution in [1.29, 1.82) is 0 Å². The van der Waals surface area contributed by atoms with Gasteiger partial charge in [-0.15, -0.1) is 0 Å². The number of rotatable bonds is 4. The van der Waals surface area contributed by atoms with E-state index in [1.807, 2.05) is 18.3 Å². The molecule has 4 heteroatoms. The van der Waals surface area contributed by atoms with Crippen LogP contribution in [0.15, 0.2) is 41.3 Å². The predicted octanol–water partition coefficient (Wildman–Crippen LogP) is 3.02. The van der Waals surface area contributed by atoms with E-state index in [1.54, 1.807) is 6.33 Å². The molecule has 0 saturated heterocycles. The Hall–Kier alpha value is -1.13. The average molecular weight is 280 g/mol. The Labute approximate surface area is 103 Å². The summed E-state index contributed by atoms with van der Waals surface area (Å²) in [5.41, 5.74) is 2.37. The maximum atomic E-state index is 3.98. The zero-order valence-electron chi connectivity index (χ0n) is 9.07. The molecule has 0 spiro atoms. The smallest absolute Gasteiger partial charge is 0.0922 e. The number of halogens is 1. The van der Waals surface area contributed by atoms with E-state index in [0.717, 1.165) is 16.7 Å². The van der Waals surface area contributed by atoms with Gasteiger partial charge in [0.05, 0.1) is 6.33 Å². The summed E-state index contributed by atoms with van der Waals surface area (Å²) in [6, 6.07) is 8.65. The molecule has 0 aliphatic heterocycles. The lowest BCUT2D eigenvalue weighted by molar-refractivity contribution is 0.569. The number of nitrogens with one attached hydrogen (secondary N) is 2. The molecule has 0 bridgehead atoms. The van der Waals surface area contributed by atoms with Crippen LogP contribution in [0.25, 0.3) is 0 Å². The van der Waals surface area contributed by atoms with Crippen molar-refractivity contribution in [2.75, 3.05) is 0 Å². The first kappa shape index (κ1) is 11.4. The van der Waals surface area contributed by atoms with Crippen molar-refractivity contribution in [2.45, 2.75) is 19.5 Å². The molecule has 0 amide bonds. The Morgan fingerprint density at radius 1 is 1.50 bits per heavy atom. The van der Waals surface area contributed by atoms with Gasteiger partial charge in [0.2, 0.25) is 0 Å². The summed E-state index contributed by atoms with van der Waals surface area (Å²) >= 11 is 3.48. The highest BCUT2D eigenvalue weighted by atomic mass is 79.9. The minimum absolute atomic E-state index is 0.320. The van der Waals surface area contributed by atoms with Crippen molar-refractivity contribution < 1.29 is 0 Å². The van der Waals surface area contributed by atoms with Crippen LogP contribution in [-0.4, -0.2) is 9.97 Å². The van der Waals surface area contributed by atoms with Crippen LogP contribution in [0.3, 0.4) is 0 Å². The van der Waals surface area contributed by atoms with Crippen molar-refractivity contribution in [3.8, 4) is 0 Å². The molecule has 0 radical (unpaired) electrons. The summed E-state index contributed by atoms with van der Waals surface area (Å²) in [7, 11) is 0. The highest BCUT2D eigenvalue weighted by Crippen LogP contribution is 2.17. The molecule has 1 atom stereocenters. The second kappa shape index (κ2) is 5.27. The molecule has 2 N–H and O–H groups in total. The van der Waals surface area contributed by atoms with Crippen molar-refractivity contribution >= 4 is 15.9 Å². The van der Waals surface area contributed by atoms with E-state index >= 15 is 0 Å². The maximum absolute atomic E-state index is 3.98. The summed E-state index contributed by atoms with van der Waals surface area (Å²) in [4.78, 5) is 7.06. The number of nitrogens with zero attached hydrogens (tertiary/aromatic N) is 1. The van der Waals surface area contributed by atoms with Crippen molar-refractivity contribution in [2.24, 2.45) is 0 Å². The van der Waals surface area contributed by atoms with E-state index in [4.69, 9.17) is 0 Å². The minimum atomic E-state index is 0.320. The van der Waals surface area contributed by atoms with Crippen LogP contribution in [0.2, 0.25) is 0 Å². The summed E-state index contributed by atoms with van der Waals surface area (Å²) < 4.78 is 1.11. The molecule has 1 aromatic carbocycles. The molecule has 0 aliphatic rings. The molecule has 0 aliphatic carbocycles. The monoisotopic (exact) mass is 279 g/mol. The van der Waals surface area contributed by atoms with Crippen LogP contribution >= 0.6 is 15.9 Å². The Kier molecular flexibility index (Phi) is 3.74. The van der Waals surface area contributed by atoms with Crippen LogP contribution in [-0.2, 0) is 6.54 Å². The number of hydrogen-bond acceptors (Lipinski definition) is 2. The predicted molar refractivity (Wildman–Crippen MR) is 68.0 cm³/mol. The molecule has 2 aromatic rings. The number of imidazole rings is 1. The van der Waals surface area contributed by atoms with E-state index < -0.39 is 0 Å². The average Bonchev–Trinajstić information content (AvgIpc) is 2.78. The van der Waals surface area contributed by atoms with Crippen molar-refractivity contribution in [3.63, 3.8) is 0 Å². The Bertz CT molecular complexity index is 439. The van der Waals surface area contributed by atoms with E-state index in [2.05, 4.69) is 50.3 Å². The van der Waals surface area contributed by atoms with Gasteiger partial charge < -0.3 is 10.3 Å². The molecular formula is C12H14BrN3. The van der Waals surface area contributed by atoms with Crippen LogP contribution in [0.5, 0.6) is 0 Å². The number of H-pyrrole nitrogens is 1. The van der Waals surface area contributed by atoms with Crippen LogP contribution < -0.4 is 5.32 Å². The Balaban J connectivity index is 1.95. The Morgan fingerprint density at radius 3 is 3.06 bits per heavy atom. The van der Waals surface area contributed by atoms with Gasteiger partial charge >= 0.3 is 0 Å². The fraction of sp³-hybridized carbons (Fsp3) is 0.250. The van der Waals surface area contributed by atoms with Crippen molar-refractivity contribution in [1.82, 2.24) is 15.3 Å². The second-order valence-electron chi connectivity index (χ2n) is 3.73. The van der Waals surface area contributed by atoms with Gasteiger partial charge in [-0.25, -0.2) is 4.98 Å². The van der Waals surface area contributed by atoms with Gasteiger partial charge in [-0.1, -0.05) is 28.1 Å². The second-order valence-corrected chi connectivity index (χ2v) is 4.65. The van der Waals surface area contributed by atoms with Gasteiger partial charge in [0.1, 0.15) is 0 Å². The topological polar surface area (TPSA) is 40.7 Å². The normalized spacial score (nSPS) is 12.6. The van der Waals surface area contributed by atoms with Crippen molar-refractivity contribution in [3.05, 3.63) is 52.5 Å². The summed E-state index contributed by atoms with van der Waals surface area (Å²) in [6.07, 6.45) is 3.53. The maximum Gasteiger partial charge on any atom is 0.0922 e. The SMILES string of the molecule is C[C@H](NCc1cnc[nH]1)c1cccc(Br)c1. The third kappa shape index (κ3) is 2.93. The summed E-state index contributed by atoms with van der Waals surface area (Å²) in [5.74, 6) is 0. The summed E-state index contributed by atoms with van der Waals surface area (Å²) in [6.45, 7) is 2.95. The van der Waals surface area contributed by atoms with Gasteiger partial charge in [-0.2, -0.15) is 0 Å². The molecule has 1 heterocycles.